The number of alkyl halides is 3. The third kappa shape index (κ3) is 5.06. The quantitative estimate of drug-likeness (QED) is 0.759. The van der Waals surface area contributed by atoms with Gasteiger partial charge in [-0.25, -0.2) is 9.78 Å². The lowest BCUT2D eigenvalue weighted by atomic mass is 9.95. The van der Waals surface area contributed by atoms with E-state index in [9.17, 15) is 22.8 Å². The molecule has 2 aliphatic rings. The number of hydrogen-bond acceptors (Lipinski definition) is 4. The molecule has 2 saturated heterocycles. The van der Waals surface area contributed by atoms with Crippen molar-refractivity contribution in [2.75, 3.05) is 11.4 Å². The van der Waals surface area contributed by atoms with Gasteiger partial charge < -0.3 is 14.9 Å². The summed E-state index contributed by atoms with van der Waals surface area (Å²) in [5, 5.41) is 7.12. The number of aliphatic carboxylic acids is 1. The Morgan fingerprint density at radius 1 is 1.03 bits per heavy atom. The van der Waals surface area contributed by atoms with Gasteiger partial charge in [0.1, 0.15) is 5.69 Å². The summed E-state index contributed by atoms with van der Waals surface area (Å²) in [4.78, 5) is 42.6. The van der Waals surface area contributed by atoms with E-state index in [1.807, 2.05) is 59.2 Å². The Balaban J connectivity index is 0.000000360. The van der Waals surface area contributed by atoms with Gasteiger partial charge >= 0.3 is 12.1 Å². The van der Waals surface area contributed by atoms with Crippen molar-refractivity contribution in [1.29, 1.82) is 0 Å². The zero-order valence-electron chi connectivity index (χ0n) is 17.2. The number of carboxylic acids is 1. The fourth-order valence-electron chi connectivity index (χ4n) is 4.05. The second kappa shape index (κ2) is 9.37. The van der Waals surface area contributed by atoms with E-state index in [0.29, 0.717) is 18.7 Å². The van der Waals surface area contributed by atoms with Gasteiger partial charge in [-0.15, -0.1) is 0 Å². The van der Waals surface area contributed by atoms with Crippen LogP contribution < -0.4 is 4.90 Å². The summed E-state index contributed by atoms with van der Waals surface area (Å²) in [7, 11) is 0. The van der Waals surface area contributed by atoms with Crippen LogP contribution in [0, 0.1) is 6.92 Å². The highest BCUT2D eigenvalue weighted by Gasteiger charge is 2.45. The number of para-hydroxylation sites is 1. The molecule has 0 unspecified atom stereocenters. The molecule has 1 N–H and O–H groups in total. The molecule has 7 nitrogen and oxygen atoms in total. The summed E-state index contributed by atoms with van der Waals surface area (Å²) in [5.41, 5.74) is 2.25. The van der Waals surface area contributed by atoms with E-state index in [-0.39, 0.29) is 23.9 Å². The van der Waals surface area contributed by atoms with Crippen LogP contribution in [0.15, 0.2) is 48.5 Å². The van der Waals surface area contributed by atoms with E-state index in [1.54, 1.807) is 6.07 Å². The number of fused-ring (bicyclic) bond motifs is 1. The van der Waals surface area contributed by atoms with Crippen molar-refractivity contribution in [3.63, 3.8) is 0 Å². The SMILES string of the molecule is Cc1cccc(C(=O)N2CC[C@@H]3[C@H]2CCC(=O)N3c2ccccc2)n1.O=C(O)C(F)(F)F. The molecule has 2 aromatic rings. The molecular formula is C22H22F3N3O4. The molecule has 0 spiro atoms. The Bertz CT molecular complexity index is 997. The number of aryl methyl sites for hydroxylation is 1. The summed E-state index contributed by atoms with van der Waals surface area (Å²) in [6.07, 6.45) is -3.08. The number of hydrogen-bond donors (Lipinski definition) is 1. The van der Waals surface area contributed by atoms with Crippen molar-refractivity contribution in [1.82, 2.24) is 9.88 Å². The number of pyridine rings is 1. The van der Waals surface area contributed by atoms with Crippen LogP contribution in [0.4, 0.5) is 18.9 Å². The fraction of sp³-hybridized carbons (Fsp3) is 0.364. The molecule has 2 amide bonds. The molecule has 2 fully saturated rings. The third-order valence-electron chi connectivity index (χ3n) is 5.41. The normalized spacial score (nSPS) is 20.3. The van der Waals surface area contributed by atoms with Gasteiger partial charge in [0.15, 0.2) is 0 Å². The Morgan fingerprint density at radius 3 is 2.28 bits per heavy atom. The maximum atomic E-state index is 12.9. The topological polar surface area (TPSA) is 90.8 Å². The average Bonchev–Trinajstić information content (AvgIpc) is 3.17. The van der Waals surface area contributed by atoms with Crippen molar-refractivity contribution in [2.24, 2.45) is 0 Å². The monoisotopic (exact) mass is 449 g/mol. The predicted molar refractivity (Wildman–Crippen MR) is 109 cm³/mol. The van der Waals surface area contributed by atoms with E-state index in [2.05, 4.69) is 4.98 Å². The number of carbonyl (C=O) groups is 3. The van der Waals surface area contributed by atoms with Crippen molar-refractivity contribution in [3.05, 3.63) is 59.9 Å². The van der Waals surface area contributed by atoms with Crippen LogP contribution in [0.5, 0.6) is 0 Å². The Morgan fingerprint density at radius 2 is 1.69 bits per heavy atom. The van der Waals surface area contributed by atoms with Gasteiger partial charge in [-0.1, -0.05) is 24.3 Å². The van der Waals surface area contributed by atoms with Crippen LogP contribution in [0.2, 0.25) is 0 Å². The van der Waals surface area contributed by atoms with Crippen LogP contribution in [0.3, 0.4) is 0 Å². The third-order valence-corrected chi connectivity index (χ3v) is 5.41. The number of nitrogens with zero attached hydrogens (tertiary/aromatic N) is 3. The first-order valence-electron chi connectivity index (χ1n) is 10.0. The fourth-order valence-corrected chi connectivity index (χ4v) is 4.05. The maximum absolute atomic E-state index is 12.9. The zero-order valence-corrected chi connectivity index (χ0v) is 17.2. The van der Waals surface area contributed by atoms with Crippen molar-refractivity contribution in [3.8, 4) is 0 Å². The smallest absolute Gasteiger partial charge is 0.475 e. The number of piperidine rings is 1. The minimum atomic E-state index is -5.08. The molecule has 3 heterocycles. The van der Waals surface area contributed by atoms with Crippen molar-refractivity contribution < 1.29 is 32.7 Å². The standard InChI is InChI=1S/C20H21N3O2.C2HF3O2/c1-14-6-5-9-16(21-14)20(25)22-13-12-18-17(22)10-11-19(24)23(18)15-7-3-2-4-8-15;3-2(4,5)1(6)7/h2-9,17-18H,10-13H2,1H3;(H,6,7)/t17-,18-;/m1./s1. The number of carbonyl (C=O) groups excluding carboxylic acids is 2. The number of benzene rings is 1. The highest BCUT2D eigenvalue weighted by Crippen LogP contribution is 2.35. The largest absolute Gasteiger partial charge is 0.490 e. The van der Waals surface area contributed by atoms with E-state index >= 15 is 0 Å². The lowest BCUT2D eigenvalue weighted by molar-refractivity contribution is -0.192. The first-order valence-corrected chi connectivity index (χ1v) is 10.0. The molecule has 32 heavy (non-hydrogen) atoms. The van der Waals surface area contributed by atoms with E-state index < -0.39 is 12.1 Å². The Labute approximate surface area is 182 Å². The van der Waals surface area contributed by atoms with E-state index in [4.69, 9.17) is 9.90 Å². The molecule has 2 atom stereocenters. The summed E-state index contributed by atoms with van der Waals surface area (Å²) in [6.45, 7) is 2.56. The Kier molecular flexibility index (Phi) is 6.81. The average molecular weight is 449 g/mol. The van der Waals surface area contributed by atoms with Gasteiger partial charge in [-0.05, 0) is 44.0 Å². The summed E-state index contributed by atoms with van der Waals surface area (Å²) >= 11 is 0. The number of halogens is 3. The maximum Gasteiger partial charge on any atom is 0.490 e. The Hall–Kier alpha value is -3.43. The number of anilines is 1. The molecule has 1 aromatic carbocycles. The number of amides is 2. The van der Waals surface area contributed by atoms with Gasteiger partial charge in [-0.2, -0.15) is 13.2 Å². The second-order valence-corrected chi connectivity index (χ2v) is 7.53. The molecule has 1 aromatic heterocycles. The van der Waals surface area contributed by atoms with Gasteiger partial charge in [-0.3, -0.25) is 9.59 Å². The van der Waals surface area contributed by atoms with Gasteiger partial charge in [0.25, 0.3) is 5.91 Å². The van der Waals surface area contributed by atoms with Crippen molar-refractivity contribution in [2.45, 2.75) is 44.4 Å². The van der Waals surface area contributed by atoms with E-state index in [0.717, 1.165) is 24.2 Å². The lowest BCUT2D eigenvalue weighted by Gasteiger charge is -2.39. The zero-order chi connectivity index (χ0) is 23.5. The highest BCUT2D eigenvalue weighted by molar-refractivity contribution is 5.97. The minimum Gasteiger partial charge on any atom is -0.475 e. The van der Waals surface area contributed by atoms with Crippen LogP contribution in [-0.4, -0.2) is 57.6 Å². The van der Waals surface area contributed by atoms with Gasteiger partial charge in [0.2, 0.25) is 5.91 Å². The van der Waals surface area contributed by atoms with Crippen LogP contribution in [0.1, 0.15) is 35.4 Å². The summed E-state index contributed by atoms with van der Waals surface area (Å²) in [5.74, 6) is -2.64. The van der Waals surface area contributed by atoms with Gasteiger partial charge in [0.05, 0.1) is 12.1 Å². The number of likely N-dealkylation sites (tertiary alicyclic amines) is 1. The molecule has 0 radical (unpaired) electrons. The lowest BCUT2D eigenvalue weighted by Crippen LogP contribution is -2.53. The van der Waals surface area contributed by atoms with Crippen LogP contribution in [-0.2, 0) is 9.59 Å². The molecule has 4 rings (SSSR count). The molecule has 10 heteroatoms. The number of aromatic nitrogens is 1. The first-order chi connectivity index (χ1) is 15.1. The molecule has 0 saturated carbocycles. The predicted octanol–water partition coefficient (Wildman–Crippen LogP) is 3.43. The van der Waals surface area contributed by atoms with Crippen LogP contribution in [0.25, 0.3) is 0 Å². The summed E-state index contributed by atoms with van der Waals surface area (Å²) < 4.78 is 31.7. The molecule has 0 bridgehead atoms. The first kappa shape index (κ1) is 23.2. The molecule has 2 aliphatic heterocycles. The second-order valence-electron chi connectivity index (χ2n) is 7.53. The van der Waals surface area contributed by atoms with Crippen molar-refractivity contribution >= 4 is 23.5 Å². The molecular weight excluding hydrogens is 427 g/mol. The number of carboxylic acid groups (broad SMARTS) is 1. The number of rotatable bonds is 2. The van der Waals surface area contributed by atoms with E-state index in [1.165, 1.54) is 0 Å². The molecule has 170 valence electrons. The molecule has 0 aliphatic carbocycles. The van der Waals surface area contributed by atoms with Crippen LogP contribution >= 0.6 is 0 Å². The highest BCUT2D eigenvalue weighted by atomic mass is 19.4. The minimum absolute atomic E-state index is 0.0291. The van der Waals surface area contributed by atoms with Gasteiger partial charge in [0, 0.05) is 24.3 Å². The summed E-state index contributed by atoms with van der Waals surface area (Å²) in [6, 6.07) is 15.4.